The third-order valence-corrected chi connectivity index (χ3v) is 4.60. The van der Waals surface area contributed by atoms with Crippen LogP contribution in [0.2, 0.25) is 5.02 Å². The second kappa shape index (κ2) is 9.27. The van der Waals surface area contributed by atoms with Crippen LogP contribution in [0.25, 0.3) is 0 Å². The summed E-state index contributed by atoms with van der Waals surface area (Å²) in [6.45, 7) is -0.965. The molecule has 0 saturated heterocycles. The summed E-state index contributed by atoms with van der Waals surface area (Å²) < 4.78 is 48.1. The maximum absolute atomic E-state index is 13.5. The highest BCUT2D eigenvalue weighted by Crippen LogP contribution is 2.26. The highest BCUT2D eigenvalue weighted by molar-refractivity contribution is 6.30. The van der Waals surface area contributed by atoms with Crippen LogP contribution in [0.3, 0.4) is 0 Å². The van der Waals surface area contributed by atoms with Crippen molar-refractivity contribution < 1.29 is 27.8 Å². The summed E-state index contributed by atoms with van der Waals surface area (Å²) >= 11 is 5.86. The first kappa shape index (κ1) is 21.8. The molecule has 0 fully saturated rings. The van der Waals surface area contributed by atoms with Crippen LogP contribution in [0, 0.1) is 12.7 Å². The molecule has 0 amide bonds. The van der Waals surface area contributed by atoms with Gasteiger partial charge in [-0.25, -0.2) is 9.38 Å². The van der Waals surface area contributed by atoms with Crippen molar-refractivity contribution in [2.45, 2.75) is 26.3 Å². The summed E-state index contributed by atoms with van der Waals surface area (Å²) in [5, 5.41) is 13.2. The number of hydrogen-bond donors (Lipinski definition) is 2. The summed E-state index contributed by atoms with van der Waals surface area (Å²) in [7, 11) is 1.39. The van der Waals surface area contributed by atoms with Gasteiger partial charge in [-0.05, 0) is 36.2 Å². The normalized spacial score (nSPS) is 16.3. The molecule has 10 heteroatoms. The summed E-state index contributed by atoms with van der Waals surface area (Å²) in [6, 6.07) is 8.72. The number of nitrogens with zero attached hydrogens (tertiary/aromatic N) is 2. The number of methoxy groups -OCH3 is 1. The van der Waals surface area contributed by atoms with Gasteiger partial charge in [0.2, 0.25) is 12.2 Å². The zero-order valence-corrected chi connectivity index (χ0v) is 16.8. The Bertz CT molecular complexity index is 985. The second-order valence-electron chi connectivity index (χ2n) is 6.42. The molecule has 6 nitrogen and oxygen atoms in total. The number of nitrogens with one attached hydrogen (secondary N) is 1. The summed E-state index contributed by atoms with van der Waals surface area (Å²) in [4.78, 5) is 5.80. The maximum Gasteiger partial charge on any atom is 0.387 e. The molecule has 0 radical (unpaired) electrons. The highest BCUT2D eigenvalue weighted by Gasteiger charge is 2.24. The van der Waals surface area contributed by atoms with E-state index >= 15 is 0 Å². The van der Waals surface area contributed by atoms with Gasteiger partial charge in [-0.1, -0.05) is 23.7 Å². The zero-order valence-electron chi connectivity index (χ0n) is 16.1. The van der Waals surface area contributed by atoms with Crippen LogP contribution in [0.15, 0.2) is 53.3 Å². The van der Waals surface area contributed by atoms with Crippen molar-refractivity contribution in [3.8, 4) is 5.75 Å². The first-order chi connectivity index (χ1) is 14.3. The van der Waals surface area contributed by atoms with E-state index in [4.69, 9.17) is 16.3 Å². The molecular formula is C20H19ClF3N3O3. The van der Waals surface area contributed by atoms with Gasteiger partial charge in [0.05, 0.1) is 18.7 Å². The van der Waals surface area contributed by atoms with E-state index in [1.54, 1.807) is 24.0 Å². The van der Waals surface area contributed by atoms with Crippen molar-refractivity contribution in [1.82, 2.24) is 4.90 Å². The number of aryl methyl sites for hydroxylation is 1. The van der Waals surface area contributed by atoms with Crippen LogP contribution in [-0.4, -0.2) is 35.9 Å². The molecule has 0 bridgehead atoms. The van der Waals surface area contributed by atoms with E-state index in [2.05, 4.69) is 15.0 Å². The predicted molar refractivity (Wildman–Crippen MR) is 107 cm³/mol. The average molecular weight is 442 g/mol. The predicted octanol–water partition coefficient (Wildman–Crippen LogP) is 4.48. The van der Waals surface area contributed by atoms with E-state index in [9.17, 15) is 18.3 Å². The molecule has 2 aromatic rings. The number of benzene rings is 2. The first-order valence-electron chi connectivity index (χ1n) is 8.81. The van der Waals surface area contributed by atoms with Gasteiger partial charge in [-0.15, -0.1) is 0 Å². The fourth-order valence-corrected chi connectivity index (χ4v) is 2.99. The number of ether oxygens (including phenoxy) is 2. The van der Waals surface area contributed by atoms with E-state index in [0.29, 0.717) is 11.3 Å². The van der Waals surface area contributed by atoms with Crippen molar-refractivity contribution in [2.75, 3.05) is 12.4 Å². The zero-order chi connectivity index (χ0) is 21.8. The Labute approximate surface area is 176 Å². The Morgan fingerprint density at radius 3 is 2.70 bits per heavy atom. The van der Waals surface area contributed by atoms with Crippen LogP contribution in [0.5, 0.6) is 5.75 Å². The summed E-state index contributed by atoms with van der Waals surface area (Å²) in [5.41, 5.74) is 1.86. The number of hydrogen-bond acceptors (Lipinski definition) is 6. The Morgan fingerprint density at radius 2 is 2.03 bits per heavy atom. The Balaban J connectivity index is 1.89. The second-order valence-corrected chi connectivity index (χ2v) is 6.83. The number of aliphatic hydroxyl groups excluding tert-OH is 1. The van der Waals surface area contributed by atoms with E-state index in [0.717, 1.165) is 5.56 Å². The van der Waals surface area contributed by atoms with Gasteiger partial charge in [-0.2, -0.15) is 8.78 Å². The SMILES string of the molecule is COC1=CN(Cc2ccc(F)c(Cl)c2)C(Nc2cc(OC(F)F)ccc2C)=NC1O. The quantitative estimate of drug-likeness (QED) is 0.692. The van der Waals surface area contributed by atoms with Gasteiger partial charge in [0.25, 0.3) is 0 Å². The minimum absolute atomic E-state index is 0.0277. The van der Waals surface area contributed by atoms with Gasteiger partial charge in [0.15, 0.2) is 5.76 Å². The molecule has 3 rings (SSSR count). The number of aliphatic hydroxyl groups is 1. The van der Waals surface area contributed by atoms with Gasteiger partial charge < -0.3 is 24.8 Å². The largest absolute Gasteiger partial charge is 0.495 e. The summed E-state index contributed by atoms with van der Waals surface area (Å²) in [5.74, 6) is -0.151. The molecule has 1 heterocycles. The molecule has 2 aromatic carbocycles. The fraction of sp³-hybridized carbons (Fsp3) is 0.250. The number of halogens is 4. The fourth-order valence-electron chi connectivity index (χ4n) is 2.78. The first-order valence-corrected chi connectivity index (χ1v) is 9.19. The average Bonchev–Trinajstić information content (AvgIpc) is 2.68. The monoisotopic (exact) mass is 441 g/mol. The molecule has 1 aliphatic heterocycles. The minimum atomic E-state index is -2.96. The lowest BCUT2D eigenvalue weighted by molar-refractivity contribution is -0.0498. The van der Waals surface area contributed by atoms with Gasteiger partial charge >= 0.3 is 6.61 Å². The molecule has 0 aromatic heterocycles. The smallest absolute Gasteiger partial charge is 0.387 e. The van der Waals surface area contributed by atoms with Crippen molar-refractivity contribution in [3.05, 3.63) is 70.3 Å². The molecule has 2 N–H and O–H groups in total. The molecule has 0 aliphatic carbocycles. The number of guanidine groups is 1. The van der Waals surface area contributed by atoms with E-state index < -0.39 is 18.7 Å². The van der Waals surface area contributed by atoms with Crippen molar-refractivity contribution in [1.29, 1.82) is 0 Å². The van der Waals surface area contributed by atoms with E-state index in [1.807, 2.05) is 0 Å². The topological polar surface area (TPSA) is 66.3 Å². The Kier molecular flexibility index (Phi) is 6.73. The van der Waals surface area contributed by atoms with Gasteiger partial charge in [0.1, 0.15) is 11.6 Å². The molecule has 1 aliphatic rings. The van der Waals surface area contributed by atoms with Crippen LogP contribution in [-0.2, 0) is 11.3 Å². The molecule has 160 valence electrons. The number of aliphatic imine (C=N–C) groups is 1. The van der Waals surface area contributed by atoms with Crippen molar-refractivity contribution >= 4 is 23.2 Å². The van der Waals surface area contributed by atoms with Crippen molar-refractivity contribution in [3.63, 3.8) is 0 Å². The van der Waals surface area contributed by atoms with Crippen molar-refractivity contribution in [2.24, 2.45) is 4.99 Å². The Hall–Kier alpha value is -2.91. The number of anilines is 1. The lowest BCUT2D eigenvalue weighted by Crippen LogP contribution is -2.38. The van der Waals surface area contributed by atoms with Crippen LogP contribution >= 0.6 is 11.6 Å². The summed E-state index contributed by atoms with van der Waals surface area (Å²) in [6.07, 6.45) is 0.276. The maximum atomic E-state index is 13.5. The third-order valence-electron chi connectivity index (χ3n) is 4.31. The molecular weight excluding hydrogens is 423 g/mol. The van der Waals surface area contributed by atoms with Gasteiger partial charge in [0, 0.05) is 18.0 Å². The van der Waals surface area contributed by atoms with Crippen LogP contribution in [0.4, 0.5) is 18.9 Å². The standard InChI is InChI=1S/C20H19ClF3N3O3/c1-11-3-5-13(30-19(23)24)8-16(11)25-20-26-18(28)17(29-2)10-27(20)9-12-4-6-15(22)14(21)7-12/h3-8,10,18-19,28H,9H2,1-2H3,(H,25,26). The number of alkyl halides is 2. The molecule has 1 atom stereocenters. The van der Waals surface area contributed by atoms with E-state index in [-0.39, 0.29) is 29.0 Å². The van der Waals surface area contributed by atoms with Crippen LogP contribution in [0.1, 0.15) is 11.1 Å². The lowest BCUT2D eigenvalue weighted by Gasteiger charge is -2.29. The van der Waals surface area contributed by atoms with E-state index in [1.165, 1.54) is 37.6 Å². The molecule has 0 saturated carbocycles. The third kappa shape index (κ3) is 5.17. The lowest BCUT2D eigenvalue weighted by atomic mass is 10.2. The number of rotatable bonds is 6. The van der Waals surface area contributed by atoms with Crippen LogP contribution < -0.4 is 10.1 Å². The molecule has 0 spiro atoms. The molecule has 1 unspecified atom stereocenters. The molecule has 30 heavy (non-hydrogen) atoms. The highest BCUT2D eigenvalue weighted by atomic mass is 35.5. The van der Waals surface area contributed by atoms with Gasteiger partial charge in [-0.3, -0.25) is 0 Å². The minimum Gasteiger partial charge on any atom is -0.495 e. The Morgan fingerprint density at radius 1 is 1.27 bits per heavy atom.